The molecule has 146 valence electrons. The largest absolute Gasteiger partial charge is 0.573 e. The van der Waals surface area contributed by atoms with Gasteiger partial charge in [0.1, 0.15) is 5.75 Å². The van der Waals surface area contributed by atoms with Crippen LogP contribution >= 0.6 is 15.9 Å². The fraction of sp³-hybridized carbons (Fsp3) is 0.158. The zero-order valence-electron chi connectivity index (χ0n) is 14.6. The van der Waals surface area contributed by atoms with E-state index in [4.69, 9.17) is 0 Å². The fourth-order valence-electron chi connectivity index (χ4n) is 2.52. The molecule has 1 aromatic heterocycles. The number of nitrogens with zero attached hydrogens (tertiary/aromatic N) is 2. The van der Waals surface area contributed by atoms with Crippen LogP contribution in [0.3, 0.4) is 0 Å². The molecule has 0 spiro atoms. The summed E-state index contributed by atoms with van der Waals surface area (Å²) in [7, 11) is 0. The summed E-state index contributed by atoms with van der Waals surface area (Å²) < 4.78 is 43.0. The second-order valence-electron chi connectivity index (χ2n) is 5.98. The number of hydrogen-bond acceptors (Lipinski definition) is 3. The molecule has 0 bridgehead atoms. The van der Waals surface area contributed by atoms with Crippen LogP contribution in [-0.4, -0.2) is 22.1 Å². The number of halogens is 4. The van der Waals surface area contributed by atoms with Crippen LogP contribution in [0.2, 0.25) is 0 Å². The van der Waals surface area contributed by atoms with Gasteiger partial charge in [0.05, 0.1) is 6.54 Å². The Kier molecular flexibility index (Phi) is 5.73. The summed E-state index contributed by atoms with van der Waals surface area (Å²) >= 11 is 3.42. The smallest absolute Gasteiger partial charge is 0.406 e. The van der Waals surface area contributed by atoms with Gasteiger partial charge in [-0.3, -0.25) is 9.48 Å². The van der Waals surface area contributed by atoms with Gasteiger partial charge < -0.3 is 10.1 Å². The monoisotopic (exact) mass is 453 g/mol. The Bertz CT molecular complexity index is 985. The third kappa shape index (κ3) is 5.35. The number of amides is 1. The highest BCUT2D eigenvalue weighted by atomic mass is 79.9. The Morgan fingerprint density at radius 2 is 1.89 bits per heavy atom. The Balaban J connectivity index is 1.68. The minimum Gasteiger partial charge on any atom is -0.406 e. The molecular weight excluding hydrogens is 439 g/mol. The molecule has 0 saturated heterocycles. The highest BCUT2D eigenvalue weighted by molar-refractivity contribution is 9.10. The lowest BCUT2D eigenvalue weighted by molar-refractivity contribution is -0.274. The van der Waals surface area contributed by atoms with Crippen molar-refractivity contribution in [3.63, 3.8) is 0 Å². The molecule has 1 heterocycles. The van der Waals surface area contributed by atoms with Crippen LogP contribution in [0.1, 0.15) is 21.7 Å². The molecule has 0 unspecified atom stereocenters. The standard InChI is InChI=1S/C19H15BrF3N3O2/c1-12-9-17(25-26(12)11-13-3-2-4-14(20)10-13)18(27)24-15-5-7-16(8-6-15)28-19(21,22)23/h2-10H,11H2,1H3,(H,24,27). The number of carbonyl (C=O) groups excluding carboxylic acids is 1. The molecular formula is C19H15BrF3N3O2. The first-order valence-electron chi connectivity index (χ1n) is 8.16. The summed E-state index contributed by atoms with van der Waals surface area (Å²) in [4.78, 5) is 12.4. The van der Waals surface area contributed by atoms with Crippen molar-refractivity contribution in [2.45, 2.75) is 19.8 Å². The highest BCUT2D eigenvalue weighted by Crippen LogP contribution is 2.24. The predicted molar refractivity (Wildman–Crippen MR) is 101 cm³/mol. The molecule has 0 fully saturated rings. The molecule has 1 N–H and O–H groups in total. The molecule has 0 saturated carbocycles. The van der Waals surface area contributed by atoms with Crippen molar-refractivity contribution < 1.29 is 22.7 Å². The number of aromatic nitrogens is 2. The molecule has 3 aromatic rings. The lowest BCUT2D eigenvalue weighted by Crippen LogP contribution is -2.17. The normalized spacial score (nSPS) is 11.3. The summed E-state index contributed by atoms with van der Waals surface area (Å²) in [6.45, 7) is 2.34. The van der Waals surface area contributed by atoms with E-state index in [0.29, 0.717) is 12.2 Å². The first-order chi connectivity index (χ1) is 13.2. The maximum absolute atomic E-state index is 12.4. The Labute approximate surface area is 167 Å². The van der Waals surface area contributed by atoms with Crippen LogP contribution in [0.25, 0.3) is 0 Å². The number of hydrogen-bond donors (Lipinski definition) is 1. The highest BCUT2D eigenvalue weighted by Gasteiger charge is 2.31. The number of nitrogens with one attached hydrogen (secondary N) is 1. The van der Waals surface area contributed by atoms with E-state index >= 15 is 0 Å². The fourth-order valence-corrected chi connectivity index (χ4v) is 2.97. The first kappa shape index (κ1) is 19.9. The Morgan fingerprint density at radius 3 is 2.54 bits per heavy atom. The summed E-state index contributed by atoms with van der Waals surface area (Å²) in [6.07, 6.45) is -4.76. The number of anilines is 1. The Morgan fingerprint density at radius 1 is 1.18 bits per heavy atom. The van der Waals surface area contributed by atoms with Gasteiger partial charge in [0.2, 0.25) is 0 Å². The van der Waals surface area contributed by atoms with Gasteiger partial charge in [-0.05, 0) is 55.0 Å². The number of alkyl halides is 3. The molecule has 3 rings (SSSR count). The van der Waals surface area contributed by atoms with Gasteiger partial charge in [0, 0.05) is 15.9 Å². The number of benzene rings is 2. The number of rotatable bonds is 5. The number of carbonyl (C=O) groups is 1. The van der Waals surface area contributed by atoms with Crippen LogP contribution in [0.5, 0.6) is 5.75 Å². The van der Waals surface area contributed by atoms with Crippen molar-refractivity contribution >= 4 is 27.5 Å². The van der Waals surface area contributed by atoms with E-state index in [0.717, 1.165) is 27.9 Å². The second kappa shape index (κ2) is 8.05. The van der Waals surface area contributed by atoms with Crippen LogP contribution in [0.4, 0.5) is 18.9 Å². The first-order valence-corrected chi connectivity index (χ1v) is 8.95. The predicted octanol–water partition coefficient (Wildman–Crippen LogP) is 5.15. The van der Waals surface area contributed by atoms with E-state index < -0.39 is 12.3 Å². The molecule has 1 amide bonds. The number of aryl methyl sites for hydroxylation is 1. The van der Waals surface area contributed by atoms with Gasteiger partial charge in [-0.2, -0.15) is 5.10 Å². The van der Waals surface area contributed by atoms with Crippen molar-refractivity contribution in [1.82, 2.24) is 9.78 Å². The van der Waals surface area contributed by atoms with Crippen molar-refractivity contribution in [1.29, 1.82) is 0 Å². The molecule has 0 aliphatic carbocycles. The summed E-state index contributed by atoms with van der Waals surface area (Å²) in [6, 6.07) is 14.3. The van der Waals surface area contributed by atoms with Crippen molar-refractivity contribution in [3.05, 3.63) is 76.0 Å². The summed E-state index contributed by atoms with van der Waals surface area (Å²) in [5.41, 5.74) is 2.37. The van der Waals surface area contributed by atoms with Gasteiger partial charge in [-0.15, -0.1) is 13.2 Å². The topological polar surface area (TPSA) is 56.1 Å². The zero-order valence-corrected chi connectivity index (χ0v) is 16.2. The molecule has 0 aliphatic heterocycles. The molecule has 28 heavy (non-hydrogen) atoms. The molecule has 5 nitrogen and oxygen atoms in total. The van der Waals surface area contributed by atoms with E-state index in [1.54, 1.807) is 10.7 Å². The van der Waals surface area contributed by atoms with Gasteiger partial charge >= 0.3 is 6.36 Å². The van der Waals surface area contributed by atoms with E-state index in [2.05, 4.69) is 31.1 Å². The molecule has 0 aliphatic rings. The summed E-state index contributed by atoms with van der Waals surface area (Å²) in [5, 5.41) is 6.92. The number of ether oxygens (including phenoxy) is 1. The average molecular weight is 454 g/mol. The van der Waals surface area contributed by atoms with Gasteiger partial charge in [0.25, 0.3) is 5.91 Å². The third-order valence-electron chi connectivity index (χ3n) is 3.78. The third-order valence-corrected chi connectivity index (χ3v) is 4.27. The maximum atomic E-state index is 12.4. The van der Waals surface area contributed by atoms with Gasteiger partial charge in [-0.25, -0.2) is 0 Å². The average Bonchev–Trinajstić information content (AvgIpc) is 2.96. The molecule has 2 aromatic carbocycles. The van der Waals surface area contributed by atoms with E-state index in [-0.39, 0.29) is 11.4 Å². The van der Waals surface area contributed by atoms with Crippen LogP contribution in [0.15, 0.2) is 59.1 Å². The van der Waals surface area contributed by atoms with Crippen molar-refractivity contribution in [2.24, 2.45) is 0 Å². The summed E-state index contributed by atoms with van der Waals surface area (Å²) in [5.74, 6) is -0.819. The SMILES string of the molecule is Cc1cc(C(=O)Nc2ccc(OC(F)(F)F)cc2)nn1Cc1cccc(Br)c1. The van der Waals surface area contributed by atoms with Crippen LogP contribution < -0.4 is 10.1 Å². The quantitative estimate of drug-likeness (QED) is 0.580. The van der Waals surface area contributed by atoms with E-state index in [1.807, 2.05) is 31.2 Å². The second-order valence-corrected chi connectivity index (χ2v) is 6.90. The zero-order chi connectivity index (χ0) is 20.3. The lowest BCUT2D eigenvalue weighted by Gasteiger charge is -2.09. The van der Waals surface area contributed by atoms with E-state index in [9.17, 15) is 18.0 Å². The van der Waals surface area contributed by atoms with Gasteiger partial charge in [-0.1, -0.05) is 28.1 Å². The maximum Gasteiger partial charge on any atom is 0.573 e. The van der Waals surface area contributed by atoms with Crippen molar-refractivity contribution in [3.8, 4) is 5.75 Å². The van der Waals surface area contributed by atoms with Crippen LogP contribution in [0, 0.1) is 6.92 Å². The molecule has 0 atom stereocenters. The molecule has 9 heteroatoms. The van der Waals surface area contributed by atoms with Crippen molar-refractivity contribution in [2.75, 3.05) is 5.32 Å². The molecule has 0 radical (unpaired) electrons. The minimum atomic E-state index is -4.76. The van der Waals surface area contributed by atoms with Gasteiger partial charge in [0.15, 0.2) is 5.69 Å². The van der Waals surface area contributed by atoms with Crippen LogP contribution in [-0.2, 0) is 6.54 Å². The Hall–Kier alpha value is -2.81. The van der Waals surface area contributed by atoms with E-state index in [1.165, 1.54) is 12.1 Å². The minimum absolute atomic E-state index is 0.211. The lowest BCUT2D eigenvalue weighted by atomic mass is 10.2.